The van der Waals surface area contributed by atoms with Crippen LogP contribution in [-0.2, 0) is 6.42 Å². The summed E-state index contributed by atoms with van der Waals surface area (Å²) in [5, 5.41) is 2.96. The summed E-state index contributed by atoms with van der Waals surface area (Å²) < 4.78 is 0. The largest absolute Gasteiger partial charge is 0.359 e. The Hall–Kier alpha value is -3.28. The number of carbonyl (C=O) groups excluding carboxylic acids is 1. The molecular weight excluding hydrogens is 350 g/mol. The minimum atomic E-state index is -0.233. The van der Waals surface area contributed by atoms with Gasteiger partial charge in [-0.1, -0.05) is 12.1 Å². The first-order valence-electron chi connectivity index (χ1n) is 9.26. The Morgan fingerprint density at radius 3 is 2.54 bits per heavy atom. The summed E-state index contributed by atoms with van der Waals surface area (Å²) in [5.74, 6) is 1.06. The first-order chi connectivity index (χ1) is 13.4. The Bertz CT molecular complexity index is 972. The number of likely N-dealkylation sites (N-methyl/N-ethyl adjacent to an activating group) is 1. The number of carbonyl (C=O) groups is 1. The minimum absolute atomic E-state index is 0.233. The van der Waals surface area contributed by atoms with Crippen molar-refractivity contribution >= 4 is 17.4 Å². The molecule has 6 nitrogen and oxygen atoms in total. The van der Waals surface area contributed by atoms with Crippen LogP contribution in [0.5, 0.6) is 0 Å². The van der Waals surface area contributed by atoms with Gasteiger partial charge >= 0.3 is 0 Å². The maximum absolute atomic E-state index is 12.8. The molecule has 0 unspecified atom stereocenters. The van der Waals surface area contributed by atoms with Crippen molar-refractivity contribution in [3.8, 4) is 0 Å². The lowest BCUT2D eigenvalue weighted by Crippen LogP contribution is -2.23. The van der Waals surface area contributed by atoms with E-state index in [9.17, 15) is 4.79 Å². The third kappa shape index (κ3) is 4.91. The average Bonchev–Trinajstić information content (AvgIpc) is 2.69. The molecule has 2 aromatic heterocycles. The number of rotatable bonds is 6. The number of amides is 1. The van der Waals surface area contributed by atoms with Crippen molar-refractivity contribution in [2.45, 2.75) is 27.2 Å². The number of hydrogen-bond acceptors (Lipinski definition) is 5. The van der Waals surface area contributed by atoms with Crippen LogP contribution < -0.4 is 10.2 Å². The lowest BCUT2D eigenvalue weighted by atomic mass is 10.1. The van der Waals surface area contributed by atoms with Crippen LogP contribution in [0.1, 0.15) is 33.0 Å². The number of benzene rings is 1. The fourth-order valence-electron chi connectivity index (χ4n) is 2.88. The molecule has 0 saturated heterocycles. The summed E-state index contributed by atoms with van der Waals surface area (Å²) >= 11 is 0. The van der Waals surface area contributed by atoms with Crippen LogP contribution in [-0.4, -0.2) is 34.5 Å². The predicted molar refractivity (Wildman–Crippen MR) is 112 cm³/mol. The molecule has 0 radical (unpaired) electrons. The van der Waals surface area contributed by atoms with Crippen LogP contribution in [0.3, 0.4) is 0 Å². The van der Waals surface area contributed by atoms with Gasteiger partial charge in [-0.25, -0.2) is 9.97 Å². The molecule has 1 N–H and O–H groups in total. The van der Waals surface area contributed by atoms with Gasteiger partial charge < -0.3 is 10.2 Å². The van der Waals surface area contributed by atoms with Crippen LogP contribution in [0, 0.1) is 20.8 Å². The predicted octanol–water partition coefficient (Wildman–Crippen LogP) is 3.73. The number of nitrogens with one attached hydrogen (secondary N) is 1. The van der Waals surface area contributed by atoms with Gasteiger partial charge in [0.25, 0.3) is 5.91 Å². The summed E-state index contributed by atoms with van der Waals surface area (Å²) in [6, 6.07) is 11.7. The van der Waals surface area contributed by atoms with Crippen molar-refractivity contribution in [2.75, 3.05) is 23.8 Å². The number of aromatic nitrogens is 3. The van der Waals surface area contributed by atoms with E-state index in [1.54, 1.807) is 25.4 Å². The van der Waals surface area contributed by atoms with E-state index in [2.05, 4.69) is 20.3 Å². The maximum Gasteiger partial charge on any atom is 0.274 e. The lowest BCUT2D eigenvalue weighted by molar-refractivity contribution is 0.102. The molecule has 0 spiro atoms. The quantitative estimate of drug-likeness (QED) is 0.711. The normalized spacial score (nSPS) is 10.6. The zero-order valence-corrected chi connectivity index (χ0v) is 16.7. The molecule has 1 amide bonds. The van der Waals surface area contributed by atoms with Crippen LogP contribution in [0.2, 0.25) is 0 Å². The van der Waals surface area contributed by atoms with E-state index in [1.807, 2.05) is 56.1 Å². The van der Waals surface area contributed by atoms with Gasteiger partial charge in [0, 0.05) is 37.7 Å². The average molecular weight is 375 g/mol. The SMILES string of the molecule is Cc1ccc(C)c(NC(=O)c2cc(N(C)CCc3ccncc3)nc(C)n2)c1. The summed E-state index contributed by atoms with van der Waals surface area (Å²) in [4.78, 5) is 27.6. The van der Waals surface area contributed by atoms with Crippen LogP contribution in [0.4, 0.5) is 11.5 Å². The molecule has 0 bridgehead atoms. The van der Waals surface area contributed by atoms with E-state index in [-0.39, 0.29) is 5.91 Å². The number of nitrogens with zero attached hydrogens (tertiary/aromatic N) is 4. The van der Waals surface area contributed by atoms with Crippen LogP contribution in [0.15, 0.2) is 48.8 Å². The lowest BCUT2D eigenvalue weighted by Gasteiger charge is -2.19. The van der Waals surface area contributed by atoms with E-state index >= 15 is 0 Å². The molecule has 1 aromatic carbocycles. The van der Waals surface area contributed by atoms with Gasteiger partial charge in [0.2, 0.25) is 0 Å². The van der Waals surface area contributed by atoms with Gasteiger partial charge in [0.1, 0.15) is 17.3 Å². The van der Waals surface area contributed by atoms with Crippen molar-refractivity contribution in [1.29, 1.82) is 0 Å². The van der Waals surface area contributed by atoms with Crippen molar-refractivity contribution in [2.24, 2.45) is 0 Å². The maximum atomic E-state index is 12.8. The van der Waals surface area contributed by atoms with Gasteiger partial charge in [-0.05, 0) is 62.1 Å². The molecule has 0 fully saturated rings. The summed E-state index contributed by atoms with van der Waals surface area (Å²) in [6.07, 6.45) is 4.45. The summed E-state index contributed by atoms with van der Waals surface area (Å²) in [5.41, 5.74) is 4.48. The van der Waals surface area contributed by atoms with E-state index < -0.39 is 0 Å². The summed E-state index contributed by atoms with van der Waals surface area (Å²) in [6.45, 7) is 6.55. The fraction of sp³-hybridized carbons (Fsp3) is 0.273. The third-order valence-electron chi connectivity index (χ3n) is 4.57. The molecular formula is C22H25N5O. The second kappa shape index (κ2) is 8.61. The molecule has 0 saturated carbocycles. The molecule has 144 valence electrons. The van der Waals surface area contributed by atoms with E-state index in [0.29, 0.717) is 11.5 Å². The minimum Gasteiger partial charge on any atom is -0.359 e. The third-order valence-corrected chi connectivity index (χ3v) is 4.57. The molecule has 28 heavy (non-hydrogen) atoms. The highest BCUT2D eigenvalue weighted by Gasteiger charge is 2.14. The number of pyridine rings is 1. The number of anilines is 2. The van der Waals surface area contributed by atoms with Crippen molar-refractivity contribution in [3.63, 3.8) is 0 Å². The Balaban J connectivity index is 1.74. The highest BCUT2D eigenvalue weighted by atomic mass is 16.1. The fourth-order valence-corrected chi connectivity index (χ4v) is 2.88. The molecule has 0 aliphatic rings. The van der Waals surface area contributed by atoms with Crippen LogP contribution in [0.25, 0.3) is 0 Å². The highest BCUT2D eigenvalue weighted by molar-refractivity contribution is 6.03. The van der Waals surface area contributed by atoms with Crippen molar-refractivity contribution in [1.82, 2.24) is 15.0 Å². The molecule has 0 aliphatic heterocycles. The van der Waals surface area contributed by atoms with Gasteiger partial charge in [-0.2, -0.15) is 0 Å². The molecule has 0 aliphatic carbocycles. The number of hydrogen-bond donors (Lipinski definition) is 1. The van der Waals surface area contributed by atoms with Crippen molar-refractivity contribution < 1.29 is 4.79 Å². The molecule has 2 heterocycles. The van der Waals surface area contributed by atoms with E-state index in [1.165, 1.54) is 5.56 Å². The second-order valence-electron chi connectivity index (χ2n) is 6.96. The van der Waals surface area contributed by atoms with Gasteiger partial charge in [-0.3, -0.25) is 9.78 Å². The Morgan fingerprint density at radius 2 is 1.79 bits per heavy atom. The molecule has 0 atom stereocenters. The van der Waals surface area contributed by atoms with Gasteiger partial charge in [0.15, 0.2) is 0 Å². The van der Waals surface area contributed by atoms with Crippen LogP contribution >= 0.6 is 0 Å². The van der Waals surface area contributed by atoms with E-state index in [4.69, 9.17) is 0 Å². The first kappa shape index (κ1) is 19.5. The topological polar surface area (TPSA) is 71.0 Å². The van der Waals surface area contributed by atoms with Crippen molar-refractivity contribution in [3.05, 3.63) is 77.0 Å². The van der Waals surface area contributed by atoms with Gasteiger partial charge in [-0.15, -0.1) is 0 Å². The Labute approximate surface area is 165 Å². The molecule has 6 heteroatoms. The molecule has 3 rings (SSSR count). The number of aryl methyl sites for hydroxylation is 3. The van der Waals surface area contributed by atoms with Gasteiger partial charge in [0.05, 0.1) is 0 Å². The Kier molecular flexibility index (Phi) is 5.99. The first-order valence-corrected chi connectivity index (χ1v) is 9.26. The molecule has 3 aromatic rings. The smallest absolute Gasteiger partial charge is 0.274 e. The standard InChI is InChI=1S/C22H25N5O/c1-15-5-6-16(2)19(13-15)26-22(28)20-14-21(25-17(3)24-20)27(4)12-9-18-7-10-23-11-8-18/h5-8,10-11,13-14H,9,12H2,1-4H3,(H,26,28). The van der Waals surface area contributed by atoms with E-state index in [0.717, 1.165) is 35.6 Å². The second-order valence-corrected chi connectivity index (χ2v) is 6.96. The Morgan fingerprint density at radius 1 is 1.04 bits per heavy atom. The monoisotopic (exact) mass is 375 g/mol. The summed E-state index contributed by atoms with van der Waals surface area (Å²) in [7, 11) is 1.97. The zero-order chi connectivity index (χ0) is 20.1. The zero-order valence-electron chi connectivity index (χ0n) is 16.7. The highest BCUT2D eigenvalue weighted by Crippen LogP contribution is 2.18.